The zero-order valence-corrected chi connectivity index (χ0v) is 13.0. The highest BCUT2D eigenvalue weighted by atomic mass is 79.9. The van der Waals surface area contributed by atoms with Crippen LogP contribution in [-0.4, -0.2) is 19.8 Å². The van der Waals surface area contributed by atoms with Gasteiger partial charge in [-0.3, -0.25) is 0 Å². The summed E-state index contributed by atoms with van der Waals surface area (Å²) in [5, 5.41) is 0. The van der Waals surface area contributed by atoms with Crippen LogP contribution in [0.3, 0.4) is 0 Å². The lowest BCUT2D eigenvalue weighted by atomic mass is 10.3. The molecule has 1 heterocycles. The van der Waals surface area contributed by atoms with Gasteiger partial charge in [0, 0.05) is 23.6 Å². The topological polar surface area (TPSA) is 50.5 Å². The van der Waals surface area contributed by atoms with E-state index in [-0.39, 0.29) is 4.90 Å². The lowest BCUT2D eigenvalue weighted by molar-refractivity contribution is 0.459. The van der Waals surface area contributed by atoms with Gasteiger partial charge in [0.2, 0.25) is 10.0 Å². The monoisotopic (exact) mass is 343 g/mol. The van der Waals surface area contributed by atoms with Gasteiger partial charge in [-0.1, -0.05) is 15.9 Å². The van der Waals surface area contributed by atoms with Crippen LogP contribution in [0.2, 0.25) is 0 Å². The fourth-order valence-corrected chi connectivity index (χ4v) is 3.10. The first-order chi connectivity index (χ1) is 8.91. The lowest BCUT2D eigenvalue weighted by Crippen LogP contribution is -2.26. The zero-order chi connectivity index (χ0) is 14.0. The van der Waals surface area contributed by atoms with E-state index >= 15 is 0 Å². The van der Waals surface area contributed by atoms with Crippen LogP contribution in [0.25, 0.3) is 0 Å². The van der Waals surface area contributed by atoms with Crippen molar-refractivity contribution in [3.05, 3.63) is 52.4 Å². The maximum absolute atomic E-state index is 12.4. The van der Waals surface area contributed by atoms with E-state index in [0.29, 0.717) is 6.54 Å². The van der Waals surface area contributed by atoms with Crippen molar-refractivity contribution >= 4 is 26.0 Å². The molecule has 1 aromatic heterocycles. The van der Waals surface area contributed by atoms with E-state index in [4.69, 9.17) is 4.42 Å². The maximum atomic E-state index is 12.4. The SMILES string of the molecule is Cc1occc1CN(C)S(=O)(=O)c1ccc(Br)cc1. The van der Waals surface area contributed by atoms with Crippen LogP contribution in [0.4, 0.5) is 0 Å². The van der Waals surface area contributed by atoms with Crippen molar-refractivity contribution in [2.24, 2.45) is 0 Å². The molecule has 0 spiro atoms. The van der Waals surface area contributed by atoms with Gasteiger partial charge in [0.15, 0.2) is 0 Å². The number of benzene rings is 1. The Balaban J connectivity index is 2.24. The van der Waals surface area contributed by atoms with E-state index in [1.807, 2.05) is 6.92 Å². The number of aryl methyl sites for hydroxylation is 1. The Bertz CT molecular complexity index is 661. The summed E-state index contributed by atoms with van der Waals surface area (Å²) in [5.41, 5.74) is 0.864. The van der Waals surface area contributed by atoms with Crippen LogP contribution in [-0.2, 0) is 16.6 Å². The van der Waals surface area contributed by atoms with Gasteiger partial charge in [-0.15, -0.1) is 0 Å². The number of hydrogen-bond donors (Lipinski definition) is 0. The van der Waals surface area contributed by atoms with E-state index in [0.717, 1.165) is 15.8 Å². The van der Waals surface area contributed by atoms with Crippen molar-refractivity contribution in [2.45, 2.75) is 18.4 Å². The summed E-state index contributed by atoms with van der Waals surface area (Å²) >= 11 is 3.29. The Morgan fingerprint density at radius 1 is 1.21 bits per heavy atom. The normalized spacial score (nSPS) is 12.0. The lowest BCUT2D eigenvalue weighted by Gasteiger charge is -2.16. The molecule has 2 aromatic rings. The second kappa shape index (κ2) is 5.48. The summed E-state index contributed by atoms with van der Waals surface area (Å²) in [6, 6.07) is 8.37. The second-order valence-corrected chi connectivity index (χ2v) is 7.18. The van der Waals surface area contributed by atoms with Gasteiger partial charge in [0.05, 0.1) is 11.2 Å². The van der Waals surface area contributed by atoms with Crippen LogP contribution < -0.4 is 0 Å². The molecular weight excluding hydrogens is 330 g/mol. The number of furan rings is 1. The molecule has 19 heavy (non-hydrogen) atoms. The first-order valence-electron chi connectivity index (χ1n) is 5.66. The van der Waals surface area contributed by atoms with Crippen LogP contribution in [0.15, 0.2) is 50.4 Å². The predicted molar refractivity (Wildman–Crippen MR) is 76.2 cm³/mol. The number of hydrogen-bond acceptors (Lipinski definition) is 3. The summed E-state index contributed by atoms with van der Waals surface area (Å²) in [6.07, 6.45) is 1.56. The number of rotatable bonds is 4. The summed E-state index contributed by atoms with van der Waals surface area (Å²) in [6.45, 7) is 2.11. The van der Waals surface area contributed by atoms with E-state index < -0.39 is 10.0 Å². The molecule has 0 radical (unpaired) electrons. The van der Waals surface area contributed by atoms with E-state index in [1.54, 1.807) is 43.6 Å². The highest BCUT2D eigenvalue weighted by Gasteiger charge is 2.21. The Morgan fingerprint density at radius 3 is 2.37 bits per heavy atom. The van der Waals surface area contributed by atoms with Crippen molar-refractivity contribution in [3.63, 3.8) is 0 Å². The first kappa shape index (κ1) is 14.3. The van der Waals surface area contributed by atoms with Gasteiger partial charge < -0.3 is 4.42 Å². The molecular formula is C13H14BrNO3S. The Labute approximate surface area is 121 Å². The molecule has 0 fully saturated rings. The van der Waals surface area contributed by atoms with Gasteiger partial charge in [0.1, 0.15) is 5.76 Å². The minimum Gasteiger partial charge on any atom is -0.469 e. The number of halogens is 1. The Hall–Kier alpha value is -1.11. The molecule has 0 saturated carbocycles. The van der Waals surface area contributed by atoms with Gasteiger partial charge >= 0.3 is 0 Å². The minimum atomic E-state index is -3.48. The predicted octanol–water partition coefficient (Wildman–Crippen LogP) is 3.17. The molecule has 0 aliphatic carbocycles. The molecule has 1 aromatic carbocycles. The van der Waals surface area contributed by atoms with Crippen LogP contribution in [0, 0.1) is 6.92 Å². The van der Waals surface area contributed by atoms with Crippen molar-refractivity contribution in [1.82, 2.24) is 4.31 Å². The van der Waals surface area contributed by atoms with Gasteiger partial charge in [-0.25, -0.2) is 8.42 Å². The maximum Gasteiger partial charge on any atom is 0.243 e. The molecule has 0 atom stereocenters. The van der Waals surface area contributed by atoms with Crippen LogP contribution in [0.5, 0.6) is 0 Å². The Morgan fingerprint density at radius 2 is 1.84 bits per heavy atom. The quantitative estimate of drug-likeness (QED) is 0.856. The molecule has 0 amide bonds. The number of sulfonamides is 1. The molecule has 0 saturated heterocycles. The molecule has 6 heteroatoms. The van der Waals surface area contributed by atoms with E-state index in [9.17, 15) is 8.42 Å². The van der Waals surface area contributed by atoms with Gasteiger partial charge in [-0.2, -0.15) is 4.31 Å². The largest absolute Gasteiger partial charge is 0.469 e. The van der Waals surface area contributed by atoms with E-state index in [2.05, 4.69) is 15.9 Å². The molecule has 102 valence electrons. The van der Waals surface area contributed by atoms with E-state index in [1.165, 1.54) is 4.31 Å². The van der Waals surface area contributed by atoms with Crippen molar-refractivity contribution in [1.29, 1.82) is 0 Å². The summed E-state index contributed by atoms with van der Waals surface area (Å²) in [7, 11) is -1.92. The average molecular weight is 344 g/mol. The second-order valence-electron chi connectivity index (χ2n) is 4.22. The molecule has 4 nitrogen and oxygen atoms in total. The van der Waals surface area contributed by atoms with Crippen LogP contribution in [0.1, 0.15) is 11.3 Å². The molecule has 0 aliphatic heterocycles. The molecule has 2 rings (SSSR count). The fraction of sp³-hybridized carbons (Fsp3) is 0.231. The molecule has 0 bridgehead atoms. The smallest absolute Gasteiger partial charge is 0.243 e. The Kier molecular flexibility index (Phi) is 4.13. The fourth-order valence-electron chi connectivity index (χ4n) is 1.69. The molecule has 0 unspecified atom stereocenters. The standard InChI is InChI=1S/C13H14BrNO3S/c1-10-11(7-8-18-10)9-15(2)19(16,17)13-5-3-12(14)4-6-13/h3-8H,9H2,1-2H3. The van der Waals surface area contributed by atoms with Crippen molar-refractivity contribution < 1.29 is 12.8 Å². The zero-order valence-electron chi connectivity index (χ0n) is 10.6. The highest BCUT2D eigenvalue weighted by molar-refractivity contribution is 9.10. The molecule has 0 N–H and O–H groups in total. The first-order valence-corrected chi connectivity index (χ1v) is 7.89. The summed E-state index contributed by atoms with van der Waals surface area (Å²) < 4.78 is 32.1. The molecule has 0 aliphatic rings. The van der Waals surface area contributed by atoms with Crippen LogP contribution >= 0.6 is 15.9 Å². The average Bonchev–Trinajstić information content (AvgIpc) is 2.75. The highest BCUT2D eigenvalue weighted by Crippen LogP contribution is 2.20. The third kappa shape index (κ3) is 3.08. The van der Waals surface area contributed by atoms with Crippen molar-refractivity contribution in [3.8, 4) is 0 Å². The third-order valence-electron chi connectivity index (χ3n) is 2.88. The minimum absolute atomic E-state index is 0.277. The summed E-state index contributed by atoms with van der Waals surface area (Å²) in [4.78, 5) is 0.277. The van der Waals surface area contributed by atoms with Gasteiger partial charge in [-0.05, 0) is 37.3 Å². The van der Waals surface area contributed by atoms with Gasteiger partial charge in [0.25, 0.3) is 0 Å². The number of nitrogens with zero attached hydrogens (tertiary/aromatic N) is 1. The van der Waals surface area contributed by atoms with Crippen molar-refractivity contribution in [2.75, 3.05) is 7.05 Å². The third-order valence-corrected chi connectivity index (χ3v) is 5.23. The summed E-state index contributed by atoms with van der Waals surface area (Å²) in [5.74, 6) is 0.734.